The molecule has 0 bridgehead atoms. The van der Waals surface area contributed by atoms with Crippen LogP contribution in [-0.2, 0) is 9.59 Å². The van der Waals surface area contributed by atoms with E-state index in [1.807, 2.05) is 19.9 Å². The summed E-state index contributed by atoms with van der Waals surface area (Å²) in [4.78, 5) is 26.3. The molecule has 6 nitrogen and oxygen atoms in total. The van der Waals surface area contributed by atoms with Crippen LogP contribution >= 0.6 is 12.4 Å². The molecule has 3 N–H and O–H groups in total. The molecular formula is C18H28ClN3O3. The zero-order chi connectivity index (χ0) is 17.7. The topological polar surface area (TPSA) is 84.7 Å². The molecule has 0 saturated carbocycles. The normalized spacial score (nSPS) is 14.2. The van der Waals surface area contributed by atoms with Crippen LogP contribution in [0.2, 0.25) is 0 Å². The Bertz CT molecular complexity index is 609. The number of ether oxygens (including phenoxy) is 1. The number of carbonyl (C=O) groups is 2. The Morgan fingerprint density at radius 1 is 1.36 bits per heavy atom. The second kappa shape index (κ2) is 9.06. The van der Waals surface area contributed by atoms with E-state index >= 15 is 0 Å². The number of benzene rings is 1. The summed E-state index contributed by atoms with van der Waals surface area (Å²) in [5.41, 5.74) is 6.66. The van der Waals surface area contributed by atoms with Gasteiger partial charge in [0.1, 0.15) is 5.75 Å². The average Bonchev–Trinajstić information content (AvgIpc) is 3.02. The summed E-state index contributed by atoms with van der Waals surface area (Å²) in [5.74, 6) is 0.598. The molecule has 2 amide bonds. The third-order valence-corrected chi connectivity index (χ3v) is 5.03. The number of halogens is 1. The number of carbonyl (C=O) groups excluding carboxylic acids is 2. The lowest BCUT2D eigenvalue weighted by Crippen LogP contribution is -2.41. The molecule has 1 aromatic carbocycles. The summed E-state index contributed by atoms with van der Waals surface area (Å²) in [6.45, 7) is 4.95. The van der Waals surface area contributed by atoms with E-state index in [-0.39, 0.29) is 24.2 Å². The Morgan fingerprint density at radius 2 is 2.04 bits per heavy atom. The molecule has 0 atom stereocenters. The second-order valence-corrected chi connectivity index (χ2v) is 6.18. The van der Waals surface area contributed by atoms with E-state index in [2.05, 4.69) is 5.32 Å². The van der Waals surface area contributed by atoms with Gasteiger partial charge in [-0.25, -0.2) is 0 Å². The summed E-state index contributed by atoms with van der Waals surface area (Å²) >= 11 is 0. The highest BCUT2D eigenvalue weighted by molar-refractivity contribution is 5.99. The van der Waals surface area contributed by atoms with Crippen LogP contribution in [0.25, 0.3) is 0 Å². The van der Waals surface area contributed by atoms with Crippen LogP contribution in [0.3, 0.4) is 0 Å². The highest BCUT2D eigenvalue weighted by atomic mass is 35.5. The van der Waals surface area contributed by atoms with Crippen molar-refractivity contribution in [2.45, 2.75) is 39.5 Å². The molecule has 25 heavy (non-hydrogen) atoms. The van der Waals surface area contributed by atoms with Gasteiger partial charge in [-0.05, 0) is 31.4 Å². The molecule has 1 aliphatic heterocycles. The van der Waals surface area contributed by atoms with E-state index in [1.54, 1.807) is 24.1 Å². The van der Waals surface area contributed by atoms with Gasteiger partial charge in [0.25, 0.3) is 0 Å². The molecule has 1 heterocycles. The SMILES string of the molecule is CCC(CC)(CN)C(=O)Nc1ccc(N2CCCC2=O)c(OC)c1.Cl. The Hall–Kier alpha value is -1.79. The van der Waals surface area contributed by atoms with Crippen molar-refractivity contribution in [3.05, 3.63) is 18.2 Å². The fraction of sp³-hybridized carbons (Fsp3) is 0.556. The minimum absolute atomic E-state index is 0. The minimum Gasteiger partial charge on any atom is -0.494 e. The molecule has 1 fully saturated rings. The maximum atomic E-state index is 12.6. The van der Waals surface area contributed by atoms with Gasteiger partial charge in [0, 0.05) is 31.3 Å². The molecule has 0 spiro atoms. The molecule has 0 aromatic heterocycles. The zero-order valence-corrected chi connectivity index (χ0v) is 15.9. The average molecular weight is 370 g/mol. The minimum atomic E-state index is -0.559. The molecule has 0 unspecified atom stereocenters. The monoisotopic (exact) mass is 369 g/mol. The van der Waals surface area contributed by atoms with E-state index in [9.17, 15) is 9.59 Å². The van der Waals surface area contributed by atoms with Gasteiger partial charge in [-0.2, -0.15) is 0 Å². The number of nitrogens with two attached hydrogens (primary N) is 1. The molecule has 140 valence electrons. The number of rotatable bonds is 7. The zero-order valence-electron chi connectivity index (χ0n) is 15.1. The summed E-state index contributed by atoms with van der Waals surface area (Å²) in [6, 6.07) is 5.37. The lowest BCUT2D eigenvalue weighted by molar-refractivity contribution is -0.125. The molecule has 1 saturated heterocycles. The van der Waals surface area contributed by atoms with Crippen molar-refractivity contribution < 1.29 is 14.3 Å². The van der Waals surface area contributed by atoms with Crippen LogP contribution in [0.5, 0.6) is 5.75 Å². The number of nitrogens with zero attached hydrogens (tertiary/aromatic N) is 1. The number of hydrogen-bond donors (Lipinski definition) is 2. The third kappa shape index (κ3) is 4.25. The van der Waals surface area contributed by atoms with Crippen LogP contribution < -0.4 is 20.7 Å². The van der Waals surface area contributed by atoms with Crippen molar-refractivity contribution in [1.29, 1.82) is 0 Å². The molecular weight excluding hydrogens is 342 g/mol. The number of anilines is 2. The first-order chi connectivity index (χ1) is 11.5. The summed E-state index contributed by atoms with van der Waals surface area (Å²) in [6.07, 6.45) is 2.78. The van der Waals surface area contributed by atoms with Crippen molar-refractivity contribution in [1.82, 2.24) is 0 Å². The van der Waals surface area contributed by atoms with Gasteiger partial charge in [-0.1, -0.05) is 13.8 Å². The Kier molecular flexibility index (Phi) is 7.70. The predicted octanol–water partition coefficient (Wildman–Crippen LogP) is 2.95. The van der Waals surface area contributed by atoms with Gasteiger partial charge in [-0.15, -0.1) is 12.4 Å². The smallest absolute Gasteiger partial charge is 0.231 e. The fourth-order valence-electron chi connectivity index (χ4n) is 3.10. The standard InChI is InChI=1S/C18H27N3O3.ClH/c1-4-18(5-2,12-19)17(23)20-13-8-9-14(15(11-13)24-3)21-10-6-7-16(21)22;/h8-9,11H,4-7,10,12,19H2,1-3H3,(H,20,23);1H. The van der Waals surface area contributed by atoms with E-state index in [1.165, 1.54) is 0 Å². The predicted molar refractivity (Wildman–Crippen MR) is 103 cm³/mol. The van der Waals surface area contributed by atoms with Crippen molar-refractivity contribution in [2.24, 2.45) is 11.1 Å². The van der Waals surface area contributed by atoms with E-state index in [0.29, 0.717) is 43.8 Å². The van der Waals surface area contributed by atoms with Gasteiger partial charge in [0.05, 0.1) is 18.2 Å². The Balaban J connectivity index is 0.00000312. The number of amides is 2. The first-order valence-electron chi connectivity index (χ1n) is 8.51. The first kappa shape index (κ1) is 21.3. The molecule has 0 aliphatic carbocycles. The van der Waals surface area contributed by atoms with Gasteiger partial charge in [0.15, 0.2) is 0 Å². The third-order valence-electron chi connectivity index (χ3n) is 5.03. The van der Waals surface area contributed by atoms with Crippen LogP contribution in [0.15, 0.2) is 18.2 Å². The highest BCUT2D eigenvalue weighted by Crippen LogP contribution is 2.35. The largest absolute Gasteiger partial charge is 0.494 e. The summed E-state index contributed by atoms with van der Waals surface area (Å²) in [5, 5.41) is 2.94. The van der Waals surface area contributed by atoms with Crippen molar-refractivity contribution >= 4 is 35.6 Å². The highest BCUT2D eigenvalue weighted by Gasteiger charge is 2.33. The number of nitrogens with one attached hydrogen (secondary N) is 1. The van der Waals surface area contributed by atoms with E-state index in [0.717, 1.165) is 12.1 Å². The van der Waals surface area contributed by atoms with Crippen molar-refractivity contribution in [3.63, 3.8) is 0 Å². The summed E-state index contributed by atoms with van der Waals surface area (Å²) in [7, 11) is 1.56. The van der Waals surface area contributed by atoms with Crippen LogP contribution in [0, 0.1) is 5.41 Å². The Labute approximate surface area is 155 Å². The van der Waals surface area contributed by atoms with Crippen LogP contribution in [0.1, 0.15) is 39.5 Å². The lowest BCUT2D eigenvalue weighted by Gasteiger charge is -2.28. The lowest BCUT2D eigenvalue weighted by atomic mass is 9.81. The maximum absolute atomic E-state index is 12.6. The number of hydrogen-bond acceptors (Lipinski definition) is 4. The quantitative estimate of drug-likeness (QED) is 0.773. The van der Waals surface area contributed by atoms with Gasteiger partial charge < -0.3 is 20.7 Å². The van der Waals surface area contributed by atoms with Gasteiger partial charge in [0.2, 0.25) is 11.8 Å². The van der Waals surface area contributed by atoms with Crippen LogP contribution in [-0.4, -0.2) is 32.0 Å². The first-order valence-corrected chi connectivity index (χ1v) is 8.51. The van der Waals surface area contributed by atoms with E-state index < -0.39 is 5.41 Å². The molecule has 2 rings (SSSR count). The molecule has 7 heteroatoms. The maximum Gasteiger partial charge on any atom is 0.231 e. The number of methoxy groups -OCH3 is 1. The molecule has 1 aliphatic rings. The molecule has 1 aromatic rings. The Morgan fingerprint density at radius 3 is 2.52 bits per heavy atom. The van der Waals surface area contributed by atoms with Crippen LogP contribution in [0.4, 0.5) is 11.4 Å². The van der Waals surface area contributed by atoms with Gasteiger partial charge >= 0.3 is 0 Å². The fourth-order valence-corrected chi connectivity index (χ4v) is 3.10. The van der Waals surface area contributed by atoms with E-state index in [4.69, 9.17) is 10.5 Å². The summed E-state index contributed by atoms with van der Waals surface area (Å²) < 4.78 is 5.42. The van der Waals surface area contributed by atoms with Crippen molar-refractivity contribution in [2.75, 3.05) is 30.4 Å². The molecule has 0 radical (unpaired) electrons. The van der Waals surface area contributed by atoms with Gasteiger partial charge in [-0.3, -0.25) is 9.59 Å². The second-order valence-electron chi connectivity index (χ2n) is 6.18. The van der Waals surface area contributed by atoms with Crippen molar-refractivity contribution in [3.8, 4) is 5.75 Å².